The van der Waals surface area contributed by atoms with Crippen LogP contribution < -0.4 is 10.1 Å². The largest absolute Gasteiger partial charge is 0.485 e. The number of amides is 1. The molecule has 6 nitrogen and oxygen atoms in total. The Morgan fingerprint density at radius 1 is 1.19 bits per heavy atom. The van der Waals surface area contributed by atoms with Gasteiger partial charge in [-0.15, -0.1) is 10.2 Å². The van der Waals surface area contributed by atoms with Gasteiger partial charge in [-0.1, -0.05) is 61.9 Å². The first-order valence-electron chi connectivity index (χ1n) is 10.9. The molecule has 1 aromatic heterocycles. The van der Waals surface area contributed by atoms with Crippen molar-refractivity contribution in [2.75, 3.05) is 5.75 Å². The van der Waals surface area contributed by atoms with E-state index in [0.717, 1.165) is 28.7 Å². The highest BCUT2D eigenvalue weighted by molar-refractivity contribution is 7.99. The number of nitrogens with one attached hydrogen (secondary N) is 1. The summed E-state index contributed by atoms with van der Waals surface area (Å²) in [5, 5.41) is 14.8. The Bertz CT molecular complexity index is 1060. The highest BCUT2D eigenvalue weighted by Crippen LogP contribution is 2.28. The lowest BCUT2D eigenvalue weighted by molar-refractivity contribution is -0.119. The summed E-state index contributed by atoms with van der Waals surface area (Å²) in [7, 11) is 1.91. The Hall–Kier alpha value is -2.54. The van der Waals surface area contributed by atoms with E-state index in [1.54, 1.807) is 0 Å². The quantitative estimate of drug-likeness (QED) is 0.544. The van der Waals surface area contributed by atoms with Gasteiger partial charge in [0.1, 0.15) is 12.4 Å². The number of rotatable bonds is 7. The molecule has 1 aliphatic rings. The topological polar surface area (TPSA) is 69.0 Å². The van der Waals surface area contributed by atoms with Crippen molar-refractivity contribution in [3.05, 3.63) is 47.8 Å². The summed E-state index contributed by atoms with van der Waals surface area (Å²) in [6.07, 6.45) is 4.75. The first-order chi connectivity index (χ1) is 15.0. The van der Waals surface area contributed by atoms with E-state index in [1.165, 1.54) is 41.8 Å². The van der Waals surface area contributed by atoms with E-state index in [9.17, 15) is 4.79 Å². The predicted molar refractivity (Wildman–Crippen MR) is 124 cm³/mol. The van der Waals surface area contributed by atoms with E-state index in [4.69, 9.17) is 4.74 Å². The number of benzene rings is 2. The minimum atomic E-state index is 0.0661. The summed E-state index contributed by atoms with van der Waals surface area (Å²) in [4.78, 5) is 12.4. The lowest BCUT2D eigenvalue weighted by atomic mass is 9.86. The van der Waals surface area contributed by atoms with Gasteiger partial charge in [0.2, 0.25) is 5.91 Å². The second-order valence-corrected chi connectivity index (χ2v) is 9.32. The number of ether oxygens (including phenoxy) is 1. The van der Waals surface area contributed by atoms with Crippen LogP contribution >= 0.6 is 11.8 Å². The Morgan fingerprint density at radius 3 is 2.84 bits per heavy atom. The maximum absolute atomic E-state index is 12.4. The van der Waals surface area contributed by atoms with E-state index < -0.39 is 0 Å². The molecule has 1 N–H and O–H groups in total. The second kappa shape index (κ2) is 9.73. The first-order valence-corrected chi connectivity index (χ1v) is 11.9. The van der Waals surface area contributed by atoms with E-state index in [1.807, 2.05) is 29.8 Å². The molecule has 2 atom stereocenters. The smallest absolute Gasteiger partial charge is 0.230 e. The van der Waals surface area contributed by atoms with Crippen LogP contribution in [-0.2, 0) is 18.4 Å². The molecule has 0 bridgehead atoms. The predicted octanol–water partition coefficient (Wildman–Crippen LogP) is 4.64. The summed E-state index contributed by atoms with van der Waals surface area (Å²) < 4.78 is 7.95. The van der Waals surface area contributed by atoms with Crippen LogP contribution in [-0.4, -0.2) is 32.5 Å². The van der Waals surface area contributed by atoms with Gasteiger partial charge in [-0.3, -0.25) is 4.79 Å². The molecule has 7 heteroatoms. The number of hydrogen-bond acceptors (Lipinski definition) is 5. The molecule has 1 fully saturated rings. The molecule has 0 saturated heterocycles. The van der Waals surface area contributed by atoms with Crippen LogP contribution in [0.3, 0.4) is 0 Å². The molecule has 1 amide bonds. The summed E-state index contributed by atoms with van der Waals surface area (Å²) in [6.45, 7) is 4.62. The molecular weight excluding hydrogens is 408 g/mol. The fourth-order valence-electron chi connectivity index (χ4n) is 4.21. The van der Waals surface area contributed by atoms with Gasteiger partial charge in [0.05, 0.1) is 5.75 Å². The van der Waals surface area contributed by atoms with Crippen molar-refractivity contribution < 1.29 is 9.53 Å². The summed E-state index contributed by atoms with van der Waals surface area (Å²) in [6, 6.07) is 12.7. The monoisotopic (exact) mass is 438 g/mol. The van der Waals surface area contributed by atoms with Gasteiger partial charge in [0.15, 0.2) is 11.0 Å². The number of aromatic nitrogens is 3. The Balaban J connectivity index is 1.33. The van der Waals surface area contributed by atoms with Crippen molar-refractivity contribution in [3.63, 3.8) is 0 Å². The average molecular weight is 439 g/mol. The van der Waals surface area contributed by atoms with Crippen molar-refractivity contribution in [1.82, 2.24) is 20.1 Å². The van der Waals surface area contributed by atoms with Gasteiger partial charge in [0, 0.05) is 13.1 Å². The maximum Gasteiger partial charge on any atom is 0.230 e. The van der Waals surface area contributed by atoms with Crippen molar-refractivity contribution in [3.8, 4) is 5.75 Å². The molecule has 1 saturated carbocycles. The highest BCUT2D eigenvalue weighted by atomic mass is 32.2. The summed E-state index contributed by atoms with van der Waals surface area (Å²) in [5.41, 5.74) is 1.11. The molecule has 3 aromatic rings. The number of carbonyl (C=O) groups is 1. The standard InChI is InChI=1S/C24H30N4O2S/c1-16-8-4-7-11-20(16)25-23(29)15-31-24-27-26-22(28(24)3)14-30-21-13-12-18-9-5-6-10-19(18)17(21)2/h5-6,9-10,12-13,16,20H,4,7-8,11,14-15H2,1-3H3,(H,25,29)/t16-,20-/m0/s1. The minimum Gasteiger partial charge on any atom is -0.485 e. The zero-order valence-electron chi connectivity index (χ0n) is 18.4. The van der Waals surface area contributed by atoms with Crippen LogP contribution in [0.4, 0.5) is 0 Å². The zero-order chi connectivity index (χ0) is 21.8. The molecule has 0 radical (unpaired) electrons. The molecule has 164 valence electrons. The number of fused-ring (bicyclic) bond motifs is 1. The number of aryl methyl sites for hydroxylation is 1. The molecule has 0 spiro atoms. The molecular formula is C24H30N4O2S. The van der Waals surface area contributed by atoms with E-state index in [2.05, 4.69) is 47.6 Å². The van der Waals surface area contributed by atoms with Crippen LogP contribution in [0, 0.1) is 12.8 Å². The van der Waals surface area contributed by atoms with E-state index in [-0.39, 0.29) is 5.91 Å². The van der Waals surface area contributed by atoms with Crippen molar-refractivity contribution in [2.45, 2.75) is 57.3 Å². The Labute approximate surface area is 187 Å². The van der Waals surface area contributed by atoms with Crippen LogP contribution in [0.25, 0.3) is 10.8 Å². The van der Waals surface area contributed by atoms with Crippen molar-refractivity contribution in [1.29, 1.82) is 0 Å². The molecule has 4 rings (SSSR count). The van der Waals surface area contributed by atoms with Crippen LogP contribution in [0.5, 0.6) is 5.75 Å². The van der Waals surface area contributed by atoms with Gasteiger partial charge < -0.3 is 14.6 Å². The maximum atomic E-state index is 12.4. The number of hydrogen-bond donors (Lipinski definition) is 1. The Morgan fingerprint density at radius 2 is 2.00 bits per heavy atom. The van der Waals surface area contributed by atoms with Crippen molar-refractivity contribution in [2.24, 2.45) is 13.0 Å². The number of thioether (sulfide) groups is 1. The average Bonchev–Trinajstić information content (AvgIpc) is 3.13. The minimum absolute atomic E-state index is 0.0661. The molecule has 31 heavy (non-hydrogen) atoms. The second-order valence-electron chi connectivity index (χ2n) is 8.38. The molecule has 0 aliphatic heterocycles. The van der Waals surface area contributed by atoms with Crippen molar-refractivity contribution >= 4 is 28.4 Å². The highest BCUT2D eigenvalue weighted by Gasteiger charge is 2.23. The van der Waals surface area contributed by atoms with Crippen LogP contribution in [0.2, 0.25) is 0 Å². The zero-order valence-corrected chi connectivity index (χ0v) is 19.2. The van der Waals surface area contributed by atoms with Gasteiger partial charge in [-0.2, -0.15) is 0 Å². The van der Waals surface area contributed by atoms with Gasteiger partial charge in [-0.05, 0) is 48.1 Å². The number of carbonyl (C=O) groups excluding carboxylic acids is 1. The van der Waals surface area contributed by atoms with Gasteiger partial charge in [-0.25, -0.2) is 0 Å². The molecule has 0 unspecified atom stereocenters. The van der Waals surface area contributed by atoms with Gasteiger partial charge in [0.25, 0.3) is 0 Å². The van der Waals surface area contributed by atoms with Gasteiger partial charge >= 0.3 is 0 Å². The summed E-state index contributed by atoms with van der Waals surface area (Å²) in [5.74, 6) is 2.55. The van der Waals surface area contributed by atoms with Crippen LogP contribution in [0.15, 0.2) is 41.6 Å². The Kier molecular flexibility index (Phi) is 6.80. The third-order valence-electron chi connectivity index (χ3n) is 6.22. The molecule has 1 aliphatic carbocycles. The first kappa shape index (κ1) is 21.7. The molecule has 2 aromatic carbocycles. The molecule has 1 heterocycles. The van der Waals surface area contributed by atoms with E-state index >= 15 is 0 Å². The lowest BCUT2D eigenvalue weighted by Crippen LogP contribution is -2.41. The SMILES string of the molecule is Cc1c(OCc2nnc(SCC(=O)N[C@H]3CCCC[C@@H]3C)n2C)ccc2ccccc12. The third-order valence-corrected chi connectivity index (χ3v) is 7.24. The number of nitrogens with zero attached hydrogens (tertiary/aromatic N) is 3. The van der Waals surface area contributed by atoms with E-state index in [0.29, 0.717) is 24.3 Å². The summed E-state index contributed by atoms with van der Waals surface area (Å²) >= 11 is 1.41. The fourth-order valence-corrected chi connectivity index (χ4v) is 4.95. The lowest BCUT2D eigenvalue weighted by Gasteiger charge is -2.29. The normalized spacial score (nSPS) is 18.8. The fraction of sp³-hybridized carbons (Fsp3) is 0.458. The van der Waals surface area contributed by atoms with Crippen LogP contribution in [0.1, 0.15) is 44.0 Å². The third kappa shape index (κ3) is 5.03.